The molecule has 0 amide bonds. The average Bonchev–Trinajstić information content (AvgIpc) is 2.58. The lowest BCUT2D eigenvalue weighted by atomic mass is 10.2. The molecule has 1 aromatic rings. The van der Waals surface area contributed by atoms with Crippen LogP contribution >= 0.6 is 0 Å². The third-order valence-corrected chi connectivity index (χ3v) is 1.78. The Hall–Kier alpha value is -2.37. The van der Waals surface area contributed by atoms with Gasteiger partial charge in [0, 0.05) is 6.20 Å². The molecule has 0 aliphatic rings. The summed E-state index contributed by atoms with van der Waals surface area (Å²) in [6.07, 6.45) is 2.33. The third kappa shape index (κ3) is 2.57. The summed E-state index contributed by atoms with van der Waals surface area (Å²) in [6, 6.07) is 1.18. The van der Waals surface area contributed by atoms with E-state index in [2.05, 4.69) is 0 Å². The van der Waals surface area contributed by atoms with Crippen LogP contribution in [0.15, 0.2) is 18.3 Å². The molecular formula is C10H9NO5. The molecule has 0 aliphatic carbocycles. The quantitative estimate of drug-likeness (QED) is 0.753. The second-order valence-corrected chi connectivity index (χ2v) is 3.06. The van der Waals surface area contributed by atoms with E-state index in [1.165, 1.54) is 25.1 Å². The SMILES string of the molecule is CC(=O)/C=C/c1cc(C(=O)O)n(C(=O)O)c1. The summed E-state index contributed by atoms with van der Waals surface area (Å²) in [7, 11) is 0. The van der Waals surface area contributed by atoms with Crippen LogP contribution in [-0.2, 0) is 4.79 Å². The molecule has 0 saturated heterocycles. The van der Waals surface area contributed by atoms with E-state index in [9.17, 15) is 14.4 Å². The van der Waals surface area contributed by atoms with Crippen LogP contribution in [0.5, 0.6) is 0 Å². The van der Waals surface area contributed by atoms with Gasteiger partial charge in [0.2, 0.25) is 0 Å². The van der Waals surface area contributed by atoms with E-state index in [1.807, 2.05) is 0 Å². The van der Waals surface area contributed by atoms with Gasteiger partial charge in [0.1, 0.15) is 5.69 Å². The molecule has 0 unspecified atom stereocenters. The van der Waals surface area contributed by atoms with Crippen LogP contribution in [0.2, 0.25) is 0 Å². The number of hydrogen-bond donors (Lipinski definition) is 2. The van der Waals surface area contributed by atoms with Crippen molar-refractivity contribution in [2.24, 2.45) is 0 Å². The number of carbonyl (C=O) groups excluding carboxylic acids is 1. The van der Waals surface area contributed by atoms with Crippen LogP contribution in [0.3, 0.4) is 0 Å². The van der Waals surface area contributed by atoms with Crippen molar-refractivity contribution in [3.8, 4) is 0 Å². The zero-order valence-corrected chi connectivity index (χ0v) is 8.38. The summed E-state index contributed by atoms with van der Waals surface area (Å²) >= 11 is 0. The lowest BCUT2D eigenvalue weighted by Gasteiger charge is -1.96. The van der Waals surface area contributed by atoms with Crippen molar-refractivity contribution >= 4 is 23.9 Å². The summed E-state index contributed by atoms with van der Waals surface area (Å²) in [4.78, 5) is 32.0. The molecule has 0 aromatic carbocycles. The van der Waals surface area contributed by atoms with Gasteiger partial charge in [-0.05, 0) is 30.7 Å². The number of allylic oxidation sites excluding steroid dienone is 1. The highest BCUT2D eigenvalue weighted by Gasteiger charge is 2.15. The van der Waals surface area contributed by atoms with Gasteiger partial charge in [0.05, 0.1) is 0 Å². The standard InChI is InChI=1S/C10H9NO5/c1-6(12)2-3-7-4-8(9(13)14)11(5-7)10(15)16/h2-5H,1H3,(H,13,14)(H,15,16)/b3-2+. The maximum atomic E-state index is 10.7. The van der Waals surface area contributed by atoms with E-state index in [0.717, 1.165) is 6.20 Å². The van der Waals surface area contributed by atoms with Gasteiger partial charge in [-0.2, -0.15) is 0 Å². The van der Waals surface area contributed by atoms with Crippen LogP contribution in [0.1, 0.15) is 23.0 Å². The molecule has 0 spiro atoms. The molecule has 84 valence electrons. The summed E-state index contributed by atoms with van der Waals surface area (Å²) in [5, 5.41) is 17.4. The van der Waals surface area contributed by atoms with Crippen molar-refractivity contribution in [1.82, 2.24) is 4.57 Å². The average molecular weight is 223 g/mol. The molecular weight excluding hydrogens is 214 g/mol. The van der Waals surface area contributed by atoms with Gasteiger partial charge in [0.25, 0.3) is 0 Å². The van der Waals surface area contributed by atoms with Crippen LogP contribution in [0.25, 0.3) is 6.08 Å². The smallest absolute Gasteiger partial charge is 0.416 e. The fourth-order valence-corrected chi connectivity index (χ4v) is 1.11. The lowest BCUT2D eigenvalue weighted by Crippen LogP contribution is -2.13. The molecule has 1 heterocycles. The molecule has 0 fully saturated rings. The Morgan fingerprint density at radius 3 is 2.31 bits per heavy atom. The van der Waals surface area contributed by atoms with Crippen LogP contribution in [0.4, 0.5) is 4.79 Å². The Labute approximate surface area is 90.4 Å². The van der Waals surface area contributed by atoms with Crippen LogP contribution in [0, 0.1) is 0 Å². The minimum Gasteiger partial charge on any atom is -0.477 e. The fourth-order valence-electron chi connectivity index (χ4n) is 1.11. The van der Waals surface area contributed by atoms with E-state index in [-0.39, 0.29) is 11.5 Å². The Bertz CT molecular complexity index is 452. The van der Waals surface area contributed by atoms with Gasteiger partial charge in [-0.25, -0.2) is 14.2 Å². The summed E-state index contributed by atoms with van der Waals surface area (Å²) in [6.45, 7) is 1.34. The molecule has 2 N–H and O–H groups in total. The first kappa shape index (κ1) is 11.7. The molecule has 0 aliphatic heterocycles. The number of carboxylic acid groups (broad SMARTS) is 2. The van der Waals surface area contributed by atoms with Gasteiger partial charge < -0.3 is 10.2 Å². The van der Waals surface area contributed by atoms with E-state index in [1.54, 1.807) is 0 Å². The summed E-state index contributed by atoms with van der Waals surface area (Å²) < 4.78 is 0.585. The number of carbonyl (C=O) groups is 3. The fraction of sp³-hybridized carbons (Fsp3) is 0.100. The first-order chi connectivity index (χ1) is 7.41. The minimum absolute atomic E-state index is 0.208. The van der Waals surface area contributed by atoms with E-state index >= 15 is 0 Å². The topological polar surface area (TPSA) is 96.6 Å². The Morgan fingerprint density at radius 1 is 1.31 bits per heavy atom. The highest BCUT2D eigenvalue weighted by Crippen LogP contribution is 2.10. The molecule has 0 radical (unpaired) electrons. The molecule has 0 atom stereocenters. The Morgan fingerprint density at radius 2 is 1.94 bits per heavy atom. The van der Waals surface area contributed by atoms with Gasteiger partial charge in [-0.15, -0.1) is 0 Å². The second kappa shape index (κ2) is 4.43. The van der Waals surface area contributed by atoms with Crippen LogP contribution in [-0.4, -0.2) is 32.6 Å². The molecule has 0 bridgehead atoms. The Balaban J connectivity index is 3.16. The lowest BCUT2D eigenvalue weighted by molar-refractivity contribution is -0.112. The first-order valence-corrected chi connectivity index (χ1v) is 4.29. The largest absolute Gasteiger partial charge is 0.477 e. The molecule has 6 heteroatoms. The van der Waals surface area contributed by atoms with Crippen molar-refractivity contribution in [3.63, 3.8) is 0 Å². The third-order valence-electron chi connectivity index (χ3n) is 1.78. The normalized spacial score (nSPS) is 10.6. The maximum Gasteiger partial charge on any atom is 0.416 e. The predicted octanol–water partition coefficient (Wildman–Crippen LogP) is 1.31. The first-order valence-electron chi connectivity index (χ1n) is 4.29. The summed E-state index contributed by atoms with van der Waals surface area (Å²) in [5.74, 6) is -1.55. The molecule has 0 saturated carbocycles. The highest BCUT2D eigenvalue weighted by atomic mass is 16.4. The van der Waals surface area contributed by atoms with Crippen molar-refractivity contribution in [3.05, 3.63) is 29.6 Å². The molecule has 1 aromatic heterocycles. The van der Waals surface area contributed by atoms with Gasteiger partial charge in [-0.3, -0.25) is 4.79 Å². The second-order valence-electron chi connectivity index (χ2n) is 3.06. The van der Waals surface area contributed by atoms with Crippen molar-refractivity contribution in [2.75, 3.05) is 0 Å². The van der Waals surface area contributed by atoms with E-state index < -0.39 is 12.1 Å². The van der Waals surface area contributed by atoms with Gasteiger partial charge in [-0.1, -0.05) is 0 Å². The van der Waals surface area contributed by atoms with Gasteiger partial charge in [0.15, 0.2) is 5.78 Å². The zero-order chi connectivity index (χ0) is 12.3. The monoisotopic (exact) mass is 223 g/mol. The van der Waals surface area contributed by atoms with Crippen LogP contribution < -0.4 is 0 Å². The number of aromatic carboxylic acids is 1. The number of nitrogens with zero attached hydrogens (tertiary/aromatic N) is 1. The van der Waals surface area contributed by atoms with E-state index in [4.69, 9.17) is 10.2 Å². The highest BCUT2D eigenvalue weighted by molar-refractivity contribution is 5.94. The number of carboxylic acids is 1. The maximum absolute atomic E-state index is 10.7. The molecule has 16 heavy (non-hydrogen) atoms. The molecule has 1 rings (SSSR count). The van der Waals surface area contributed by atoms with Gasteiger partial charge >= 0.3 is 12.1 Å². The zero-order valence-electron chi connectivity index (χ0n) is 8.38. The van der Waals surface area contributed by atoms with Crippen molar-refractivity contribution < 1.29 is 24.6 Å². The van der Waals surface area contributed by atoms with Crippen molar-refractivity contribution in [1.29, 1.82) is 0 Å². The molecule has 6 nitrogen and oxygen atoms in total. The minimum atomic E-state index is -1.39. The van der Waals surface area contributed by atoms with Crippen molar-refractivity contribution in [2.45, 2.75) is 6.92 Å². The van der Waals surface area contributed by atoms with E-state index in [0.29, 0.717) is 10.1 Å². The number of aromatic nitrogens is 1. The number of rotatable bonds is 3. The number of ketones is 1. The Kier molecular flexibility index (Phi) is 3.24. The summed E-state index contributed by atoms with van der Waals surface area (Å²) in [5.41, 5.74) is -0.0225. The predicted molar refractivity (Wildman–Crippen MR) is 54.5 cm³/mol. The number of hydrogen-bond acceptors (Lipinski definition) is 3.